The SMILES string of the molecule is N#CC1(c2ccc(OC(F)F)cc2)CC2(CCCCC2)C1. The van der Waals surface area contributed by atoms with E-state index < -0.39 is 12.0 Å². The van der Waals surface area contributed by atoms with E-state index in [1.807, 2.05) is 0 Å². The molecule has 0 aromatic heterocycles. The van der Waals surface area contributed by atoms with Crippen LogP contribution in [0.3, 0.4) is 0 Å². The number of alkyl halides is 2. The second kappa shape index (κ2) is 5.29. The molecule has 2 fully saturated rings. The number of halogens is 2. The van der Waals surface area contributed by atoms with Gasteiger partial charge in [-0.1, -0.05) is 31.4 Å². The summed E-state index contributed by atoms with van der Waals surface area (Å²) in [4.78, 5) is 0. The van der Waals surface area contributed by atoms with Gasteiger partial charge in [0.15, 0.2) is 0 Å². The van der Waals surface area contributed by atoms with Gasteiger partial charge in [-0.15, -0.1) is 0 Å². The second-order valence-electron chi connectivity index (χ2n) is 6.51. The third-order valence-electron chi connectivity index (χ3n) is 5.11. The Balaban J connectivity index is 1.74. The zero-order valence-corrected chi connectivity index (χ0v) is 11.9. The standard InChI is InChI=1S/C17H19F2NO/c18-15(19)21-14-6-4-13(5-7-14)17(12-20)10-16(11-17)8-2-1-3-9-16/h4-7,15H,1-3,8-11H2. The Morgan fingerprint density at radius 1 is 1.05 bits per heavy atom. The number of nitriles is 1. The topological polar surface area (TPSA) is 33.0 Å². The van der Waals surface area contributed by atoms with Crippen LogP contribution in [0.5, 0.6) is 5.75 Å². The maximum Gasteiger partial charge on any atom is 0.387 e. The van der Waals surface area contributed by atoms with Crippen LogP contribution in [0.2, 0.25) is 0 Å². The summed E-state index contributed by atoms with van der Waals surface area (Å²) in [5, 5.41) is 9.62. The predicted molar refractivity (Wildman–Crippen MR) is 75.1 cm³/mol. The van der Waals surface area contributed by atoms with E-state index in [0.717, 1.165) is 18.4 Å². The zero-order valence-electron chi connectivity index (χ0n) is 11.9. The third kappa shape index (κ3) is 2.62. The first-order valence-electron chi connectivity index (χ1n) is 7.54. The minimum absolute atomic E-state index is 0.147. The number of hydrogen-bond donors (Lipinski definition) is 0. The van der Waals surface area contributed by atoms with E-state index in [9.17, 15) is 14.0 Å². The zero-order chi connectivity index (χ0) is 14.9. The molecule has 0 radical (unpaired) electrons. The molecular formula is C17H19F2NO. The van der Waals surface area contributed by atoms with Crippen molar-refractivity contribution in [3.8, 4) is 11.8 Å². The highest BCUT2D eigenvalue weighted by Crippen LogP contribution is 2.61. The van der Waals surface area contributed by atoms with Crippen LogP contribution in [0.25, 0.3) is 0 Å². The fraction of sp³-hybridized carbons (Fsp3) is 0.588. The van der Waals surface area contributed by atoms with E-state index in [-0.39, 0.29) is 5.75 Å². The summed E-state index contributed by atoms with van der Waals surface area (Å²) in [6, 6.07) is 9.06. The first kappa shape index (κ1) is 14.3. The van der Waals surface area contributed by atoms with Crippen molar-refractivity contribution in [2.75, 3.05) is 0 Å². The molecule has 0 aliphatic heterocycles. The molecule has 2 saturated carbocycles. The van der Waals surface area contributed by atoms with Gasteiger partial charge in [-0.3, -0.25) is 0 Å². The largest absolute Gasteiger partial charge is 0.435 e. The molecule has 0 amide bonds. The Morgan fingerprint density at radius 3 is 2.19 bits per heavy atom. The van der Waals surface area contributed by atoms with E-state index in [2.05, 4.69) is 10.8 Å². The van der Waals surface area contributed by atoms with Crippen molar-refractivity contribution in [1.29, 1.82) is 5.26 Å². The molecule has 4 heteroatoms. The predicted octanol–water partition coefficient (Wildman–Crippen LogP) is 4.79. The lowest BCUT2D eigenvalue weighted by atomic mass is 9.47. The van der Waals surface area contributed by atoms with E-state index in [4.69, 9.17) is 0 Å². The van der Waals surface area contributed by atoms with Crippen molar-refractivity contribution in [2.45, 2.75) is 57.0 Å². The highest BCUT2D eigenvalue weighted by atomic mass is 19.3. The van der Waals surface area contributed by atoms with Crippen molar-refractivity contribution >= 4 is 0 Å². The number of benzene rings is 1. The Bertz CT molecular complexity index is 533. The third-order valence-corrected chi connectivity index (χ3v) is 5.11. The number of hydrogen-bond acceptors (Lipinski definition) is 2. The van der Waals surface area contributed by atoms with E-state index in [0.29, 0.717) is 5.41 Å². The molecule has 2 aliphatic rings. The molecule has 0 bridgehead atoms. The fourth-order valence-electron chi connectivity index (χ4n) is 4.19. The molecule has 0 saturated heterocycles. The van der Waals surface area contributed by atoms with Gasteiger partial charge in [0.2, 0.25) is 0 Å². The Kier molecular flexibility index (Phi) is 3.61. The first-order valence-corrected chi connectivity index (χ1v) is 7.54. The molecule has 1 aromatic rings. The van der Waals surface area contributed by atoms with E-state index in [1.165, 1.54) is 44.2 Å². The van der Waals surface area contributed by atoms with Crippen LogP contribution in [-0.4, -0.2) is 6.61 Å². The van der Waals surface area contributed by atoms with Crippen molar-refractivity contribution in [2.24, 2.45) is 5.41 Å². The quantitative estimate of drug-likeness (QED) is 0.802. The van der Waals surface area contributed by atoms with Crippen LogP contribution < -0.4 is 4.74 Å². The van der Waals surface area contributed by atoms with Gasteiger partial charge < -0.3 is 4.74 Å². The Labute approximate surface area is 123 Å². The molecule has 0 heterocycles. The summed E-state index contributed by atoms with van der Waals surface area (Å²) in [7, 11) is 0. The molecule has 0 unspecified atom stereocenters. The molecular weight excluding hydrogens is 272 g/mol. The van der Waals surface area contributed by atoms with Gasteiger partial charge >= 0.3 is 6.61 Å². The van der Waals surface area contributed by atoms with Crippen LogP contribution in [0.15, 0.2) is 24.3 Å². The van der Waals surface area contributed by atoms with Gasteiger partial charge in [0.25, 0.3) is 0 Å². The van der Waals surface area contributed by atoms with Gasteiger partial charge in [-0.05, 0) is 48.8 Å². The Hall–Kier alpha value is -1.63. The molecule has 3 rings (SSSR count). The average molecular weight is 291 g/mol. The lowest BCUT2D eigenvalue weighted by Gasteiger charge is -2.55. The summed E-state index contributed by atoms with van der Waals surface area (Å²) >= 11 is 0. The lowest BCUT2D eigenvalue weighted by Crippen LogP contribution is -2.49. The van der Waals surface area contributed by atoms with Crippen molar-refractivity contribution in [3.63, 3.8) is 0 Å². The molecule has 21 heavy (non-hydrogen) atoms. The molecule has 1 spiro atoms. The Morgan fingerprint density at radius 2 is 1.67 bits per heavy atom. The molecule has 2 nitrogen and oxygen atoms in total. The van der Waals surface area contributed by atoms with Gasteiger partial charge in [-0.25, -0.2) is 0 Å². The van der Waals surface area contributed by atoms with Crippen molar-refractivity contribution in [3.05, 3.63) is 29.8 Å². The summed E-state index contributed by atoms with van der Waals surface area (Å²) in [5.74, 6) is 0.147. The minimum Gasteiger partial charge on any atom is -0.435 e. The maximum absolute atomic E-state index is 12.2. The van der Waals surface area contributed by atoms with Crippen LogP contribution in [0.4, 0.5) is 8.78 Å². The maximum atomic E-state index is 12.2. The monoisotopic (exact) mass is 291 g/mol. The summed E-state index contributed by atoms with van der Waals surface area (Å²) in [6.45, 7) is -2.81. The van der Waals surface area contributed by atoms with Crippen LogP contribution in [0, 0.1) is 16.7 Å². The lowest BCUT2D eigenvalue weighted by molar-refractivity contribution is -0.0498. The highest BCUT2D eigenvalue weighted by Gasteiger charge is 2.55. The van der Waals surface area contributed by atoms with Gasteiger partial charge in [0.05, 0.1) is 11.5 Å². The molecule has 0 N–H and O–H groups in total. The highest BCUT2D eigenvalue weighted by molar-refractivity contribution is 5.40. The summed E-state index contributed by atoms with van der Waals surface area (Å²) in [6.07, 6.45) is 8.11. The smallest absolute Gasteiger partial charge is 0.387 e. The molecule has 0 atom stereocenters. The average Bonchev–Trinajstić information content (AvgIpc) is 2.45. The van der Waals surface area contributed by atoms with E-state index >= 15 is 0 Å². The fourth-order valence-corrected chi connectivity index (χ4v) is 4.19. The van der Waals surface area contributed by atoms with Gasteiger partial charge in [0.1, 0.15) is 5.75 Å². The van der Waals surface area contributed by atoms with E-state index in [1.54, 1.807) is 12.1 Å². The summed E-state index contributed by atoms with van der Waals surface area (Å²) < 4.78 is 28.7. The van der Waals surface area contributed by atoms with Crippen molar-refractivity contribution in [1.82, 2.24) is 0 Å². The van der Waals surface area contributed by atoms with Crippen LogP contribution in [-0.2, 0) is 5.41 Å². The first-order chi connectivity index (χ1) is 10.1. The molecule has 112 valence electrons. The molecule has 1 aromatic carbocycles. The molecule has 2 aliphatic carbocycles. The number of ether oxygens (including phenoxy) is 1. The van der Waals surface area contributed by atoms with Crippen molar-refractivity contribution < 1.29 is 13.5 Å². The second-order valence-corrected chi connectivity index (χ2v) is 6.51. The number of rotatable bonds is 3. The van der Waals surface area contributed by atoms with Gasteiger partial charge in [-0.2, -0.15) is 14.0 Å². The van der Waals surface area contributed by atoms with Crippen LogP contribution >= 0.6 is 0 Å². The summed E-state index contributed by atoms with van der Waals surface area (Å²) in [5.41, 5.74) is 0.857. The number of nitrogens with zero attached hydrogens (tertiary/aromatic N) is 1. The minimum atomic E-state index is -2.81. The van der Waals surface area contributed by atoms with Gasteiger partial charge in [0, 0.05) is 0 Å². The van der Waals surface area contributed by atoms with Crippen LogP contribution in [0.1, 0.15) is 50.5 Å². The normalized spacial score (nSPS) is 22.6.